The highest BCUT2D eigenvalue weighted by molar-refractivity contribution is 7.88. The van der Waals surface area contributed by atoms with Crippen molar-refractivity contribution in [2.24, 2.45) is 11.3 Å². The van der Waals surface area contributed by atoms with Crippen molar-refractivity contribution in [3.05, 3.63) is 30.3 Å². The van der Waals surface area contributed by atoms with Gasteiger partial charge in [-0.05, 0) is 12.1 Å². The maximum absolute atomic E-state index is 11.8. The number of benzene rings is 1. The van der Waals surface area contributed by atoms with E-state index in [1.165, 1.54) is 4.31 Å². The minimum absolute atomic E-state index is 0.0574. The molecule has 0 amide bonds. The molecule has 0 spiro atoms. The number of hydrogen-bond donors (Lipinski definition) is 1. The minimum Gasteiger partial charge on any atom is -0.492 e. The first-order valence-electron chi connectivity index (χ1n) is 7.90. The van der Waals surface area contributed by atoms with Gasteiger partial charge in [0.1, 0.15) is 12.4 Å². The van der Waals surface area contributed by atoms with Crippen molar-refractivity contribution >= 4 is 16.0 Å². The highest BCUT2D eigenvalue weighted by Crippen LogP contribution is 2.43. The Morgan fingerprint density at radius 1 is 1.29 bits per heavy atom. The van der Waals surface area contributed by atoms with Gasteiger partial charge in [0.25, 0.3) is 0 Å². The Balaban J connectivity index is 1.60. The number of carbonyl (C=O) groups is 1. The molecule has 0 saturated carbocycles. The number of para-hydroxylation sites is 1. The zero-order valence-corrected chi connectivity index (χ0v) is 14.4. The lowest BCUT2D eigenvalue weighted by Crippen LogP contribution is -2.42. The molecular weight excluding hydrogens is 332 g/mol. The van der Waals surface area contributed by atoms with Crippen LogP contribution in [0.2, 0.25) is 0 Å². The quantitative estimate of drug-likeness (QED) is 0.793. The highest BCUT2D eigenvalue weighted by atomic mass is 32.2. The third kappa shape index (κ3) is 3.26. The molecule has 0 unspecified atom stereocenters. The average Bonchev–Trinajstić information content (AvgIpc) is 3.03. The number of nitrogens with zero attached hydrogens (tertiary/aromatic N) is 2. The standard InChI is InChI=1S/C16H22N2O5S/c1-24(21,22)18-10-13-9-17(11-16(13,12-18)15(19)20)7-8-23-14-5-3-2-4-6-14/h2-6,13H,7-12H2,1H3,(H,19,20)/t13-,16-/m0/s1. The van der Waals surface area contributed by atoms with Crippen LogP contribution in [0, 0.1) is 11.3 Å². The van der Waals surface area contributed by atoms with E-state index in [2.05, 4.69) is 4.90 Å². The lowest BCUT2D eigenvalue weighted by molar-refractivity contribution is -0.148. The number of aliphatic carboxylic acids is 1. The molecule has 2 fully saturated rings. The number of sulfonamides is 1. The highest BCUT2D eigenvalue weighted by Gasteiger charge is 2.58. The maximum Gasteiger partial charge on any atom is 0.312 e. The second kappa shape index (κ2) is 6.34. The minimum atomic E-state index is -3.36. The summed E-state index contributed by atoms with van der Waals surface area (Å²) in [6, 6.07) is 9.46. The van der Waals surface area contributed by atoms with E-state index in [1.807, 2.05) is 30.3 Å². The van der Waals surface area contributed by atoms with E-state index in [1.54, 1.807) is 0 Å². The molecule has 0 aromatic heterocycles. The van der Waals surface area contributed by atoms with Crippen molar-refractivity contribution in [3.63, 3.8) is 0 Å². The SMILES string of the molecule is CS(=O)(=O)N1C[C@@H]2CN(CCOc3ccccc3)C[C@]2(C(=O)O)C1. The second-order valence-electron chi connectivity index (χ2n) is 6.61. The Morgan fingerprint density at radius 2 is 2.00 bits per heavy atom. The van der Waals surface area contributed by atoms with Crippen LogP contribution < -0.4 is 4.74 Å². The molecule has 2 heterocycles. The van der Waals surface area contributed by atoms with Crippen molar-refractivity contribution in [1.29, 1.82) is 0 Å². The Bertz CT molecular complexity index is 708. The first-order chi connectivity index (χ1) is 11.3. The van der Waals surface area contributed by atoms with E-state index in [0.717, 1.165) is 12.0 Å². The number of ether oxygens (including phenoxy) is 1. The molecule has 2 aliphatic rings. The van der Waals surface area contributed by atoms with Crippen molar-refractivity contribution in [2.75, 3.05) is 45.6 Å². The van der Waals surface area contributed by atoms with Crippen LogP contribution in [0.3, 0.4) is 0 Å². The fourth-order valence-electron chi connectivity index (χ4n) is 3.66. The molecule has 1 aromatic carbocycles. The van der Waals surface area contributed by atoms with Crippen LogP contribution in [0.15, 0.2) is 30.3 Å². The fourth-order valence-corrected chi connectivity index (χ4v) is 4.57. The van der Waals surface area contributed by atoms with Crippen LogP contribution in [0.5, 0.6) is 5.75 Å². The van der Waals surface area contributed by atoms with Gasteiger partial charge in [-0.15, -0.1) is 0 Å². The predicted molar refractivity (Wildman–Crippen MR) is 88.4 cm³/mol. The molecule has 3 rings (SSSR count). The van der Waals surface area contributed by atoms with Crippen LogP contribution in [0.25, 0.3) is 0 Å². The zero-order valence-electron chi connectivity index (χ0n) is 13.6. The Hall–Kier alpha value is -1.64. The van der Waals surface area contributed by atoms with E-state index in [0.29, 0.717) is 26.2 Å². The van der Waals surface area contributed by atoms with Gasteiger partial charge in [0.05, 0.1) is 11.7 Å². The molecule has 0 aliphatic carbocycles. The number of likely N-dealkylation sites (tertiary alicyclic amines) is 1. The van der Waals surface area contributed by atoms with Crippen molar-refractivity contribution in [2.45, 2.75) is 0 Å². The molecule has 7 nitrogen and oxygen atoms in total. The largest absolute Gasteiger partial charge is 0.492 e. The summed E-state index contributed by atoms with van der Waals surface area (Å²) in [5.41, 5.74) is -1.00. The molecule has 132 valence electrons. The summed E-state index contributed by atoms with van der Waals surface area (Å²) in [5.74, 6) is -0.306. The molecule has 0 radical (unpaired) electrons. The Kier molecular flexibility index (Phi) is 4.54. The van der Waals surface area contributed by atoms with E-state index in [4.69, 9.17) is 4.74 Å². The Morgan fingerprint density at radius 3 is 2.58 bits per heavy atom. The number of fused-ring (bicyclic) bond motifs is 1. The van der Waals surface area contributed by atoms with Crippen molar-refractivity contribution < 1.29 is 23.1 Å². The number of carboxylic acids is 1. The summed E-state index contributed by atoms with van der Waals surface area (Å²) < 4.78 is 30.4. The predicted octanol–water partition coefficient (Wildman–Crippen LogP) is 0.343. The van der Waals surface area contributed by atoms with E-state index >= 15 is 0 Å². The molecule has 8 heteroatoms. The lowest BCUT2D eigenvalue weighted by atomic mass is 9.81. The van der Waals surface area contributed by atoms with Crippen LogP contribution >= 0.6 is 0 Å². The summed E-state index contributed by atoms with van der Waals surface area (Å²) in [5, 5.41) is 9.70. The third-order valence-corrected chi connectivity index (χ3v) is 6.18. The average molecular weight is 354 g/mol. The summed E-state index contributed by atoms with van der Waals surface area (Å²) >= 11 is 0. The Labute approximate surface area is 141 Å². The van der Waals surface area contributed by atoms with Gasteiger partial charge in [-0.2, -0.15) is 0 Å². The van der Waals surface area contributed by atoms with Gasteiger partial charge in [-0.25, -0.2) is 12.7 Å². The monoisotopic (exact) mass is 354 g/mol. The van der Waals surface area contributed by atoms with E-state index in [-0.39, 0.29) is 19.0 Å². The normalized spacial score (nSPS) is 28.0. The molecular formula is C16H22N2O5S. The van der Waals surface area contributed by atoms with E-state index < -0.39 is 21.4 Å². The summed E-state index contributed by atoms with van der Waals surface area (Å²) in [4.78, 5) is 13.9. The van der Waals surface area contributed by atoms with Crippen molar-refractivity contribution in [3.8, 4) is 5.75 Å². The second-order valence-corrected chi connectivity index (χ2v) is 8.59. The summed E-state index contributed by atoms with van der Waals surface area (Å²) in [6.45, 7) is 2.37. The lowest BCUT2D eigenvalue weighted by Gasteiger charge is -2.24. The van der Waals surface area contributed by atoms with Crippen LogP contribution in [0.1, 0.15) is 0 Å². The van der Waals surface area contributed by atoms with Crippen LogP contribution in [0.4, 0.5) is 0 Å². The van der Waals surface area contributed by atoms with E-state index in [9.17, 15) is 18.3 Å². The van der Waals surface area contributed by atoms with Gasteiger partial charge in [-0.1, -0.05) is 18.2 Å². The van der Waals surface area contributed by atoms with Gasteiger partial charge in [0, 0.05) is 38.6 Å². The van der Waals surface area contributed by atoms with Gasteiger partial charge in [0.2, 0.25) is 10.0 Å². The third-order valence-electron chi connectivity index (χ3n) is 4.96. The number of hydrogen-bond acceptors (Lipinski definition) is 5. The number of carboxylic acid groups (broad SMARTS) is 1. The fraction of sp³-hybridized carbons (Fsp3) is 0.562. The first-order valence-corrected chi connectivity index (χ1v) is 9.75. The van der Waals surface area contributed by atoms with Gasteiger partial charge >= 0.3 is 5.97 Å². The molecule has 2 aliphatic heterocycles. The molecule has 2 saturated heterocycles. The first kappa shape index (κ1) is 17.2. The maximum atomic E-state index is 11.8. The summed E-state index contributed by atoms with van der Waals surface area (Å²) in [7, 11) is -3.36. The van der Waals surface area contributed by atoms with Gasteiger partial charge in [-0.3, -0.25) is 9.69 Å². The molecule has 0 bridgehead atoms. The summed E-state index contributed by atoms with van der Waals surface area (Å²) in [6.07, 6.45) is 1.13. The molecule has 1 aromatic rings. The van der Waals surface area contributed by atoms with Crippen LogP contribution in [-0.2, 0) is 14.8 Å². The number of rotatable bonds is 6. The van der Waals surface area contributed by atoms with Gasteiger partial charge < -0.3 is 9.84 Å². The van der Waals surface area contributed by atoms with Crippen LogP contribution in [-0.4, -0.2) is 74.3 Å². The zero-order chi connectivity index (χ0) is 17.4. The topological polar surface area (TPSA) is 87.2 Å². The molecule has 1 N–H and O–H groups in total. The smallest absolute Gasteiger partial charge is 0.312 e. The molecule has 24 heavy (non-hydrogen) atoms. The van der Waals surface area contributed by atoms with Gasteiger partial charge in [0.15, 0.2) is 0 Å². The molecule has 2 atom stereocenters. The van der Waals surface area contributed by atoms with Crippen molar-refractivity contribution in [1.82, 2.24) is 9.21 Å².